The third kappa shape index (κ3) is 8.13. The number of carbonyl (C=O) groups excluding carboxylic acids is 1. The van der Waals surface area contributed by atoms with E-state index in [4.69, 9.17) is 4.74 Å². The Bertz CT molecular complexity index is 909. The molecule has 0 aliphatic heterocycles. The lowest BCUT2D eigenvalue weighted by molar-refractivity contribution is -0.147. The van der Waals surface area contributed by atoms with Crippen LogP contribution >= 0.6 is 0 Å². The molecule has 3 rings (SSSR count). The minimum Gasteiger partial charge on any atom is -0.460 e. The lowest BCUT2D eigenvalue weighted by Crippen LogP contribution is -2.48. The number of benzene rings is 3. The Hall–Kier alpha value is -2.99. The predicted molar refractivity (Wildman–Crippen MR) is 131 cm³/mol. The van der Waals surface area contributed by atoms with Crippen LogP contribution in [0.15, 0.2) is 91.0 Å². The van der Waals surface area contributed by atoms with Crippen molar-refractivity contribution in [3.8, 4) is 0 Å². The van der Waals surface area contributed by atoms with Gasteiger partial charge in [0.05, 0.1) is 6.10 Å². The molecule has 0 aliphatic carbocycles. The van der Waals surface area contributed by atoms with Gasteiger partial charge in [0.15, 0.2) is 0 Å². The summed E-state index contributed by atoms with van der Waals surface area (Å²) < 4.78 is 5.39. The summed E-state index contributed by atoms with van der Waals surface area (Å²) in [6.07, 6.45) is -0.651. The molecule has 5 heteroatoms. The van der Waals surface area contributed by atoms with E-state index in [9.17, 15) is 9.90 Å². The summed E-state index contributed by atoms with van der Waals surface area (Å²) in [5.74, 6) is -0.330. The number of rotatable bonds is 12. The van der Waals surface area contributed by atoms with Gasteiger partial charge in [-0.2, -0.15) is 0 Å². The topological polar surface area (TPSA) is 61.8 Å². The Labute approximate surface area is 197 Å². The molecule has 0 spiro atoms. The van der Waals surface area contributed by atoms with E-state index in [0.29, 0.717) is 6.54 Å². The van der Waals surface area contributed by atoms with Crippen molar-refractivity contribution in [3.05, 3.63) is 108 Å². The van der Waals surface area contributed by atoms with Gasteiger partial charge in [-0.15, -0.1) is 0 Å². The number of hydrogen-bond acceptors (Lipinski definition) is 5. The minimum atomic E-state index is -0.651. The van der Waals surface area contributed by atoms with Gasteiger partial charge in [-0.3, -0.25) is 9.69 Å². The normalized spacial score (nSPS) is 13.9. The summed E-state index contributed by atoms with van der Waals surface area (Å²) in [7, 11) is 0. The number of hydrogen-bond donors (Lipinski definition) is 2. The summed E-state index contributed by atoms with van der Waals surface area (Å²) in [4.78, 5) is 14.6. The van der Waals surface area contributed by atoms with Gasteiger partial charge in [0, 0.05) is 25.7 Å². The standard InChI is InChI=1S/C28H34N2O3/c1-22(28(32)33-21-26-16-10-5-11-17-26)29-18-27(31)23(2)30(19-24-12-6-3-7-13-24)20-25-14-8-4-9-15-25/h3-17,22-23,27,29,31H,18-21H2,1-2H3. The number of nitrogens with zero attached hydrogens (tertiary/aromatic N) is 1. The van der Waals surface area contributed by atoms with Crippen LogP contribution in [0.3, 0.4) is 0 Å². The zero-order valence-electron chi connectivity index (χ0n) is 19.4. The fourth-order valence-corrected chi connectivity index (χ4v) is 3.63. The lowest BCUT2D eigenvalue weighted by Gasteiger charge is -2.33. The van der Waals surface area contributed by atoms with Crippen LogP contribution in [-0.4, -0.2) is 40.7 Å². The summed E-state index contributed by atoms with van der Waals surface area (Å²) in [5, 5.41) is 14.1. The van der Waals surface area contributed by atoms with Crippen molar-refractivity contribution >= 4 is 5.97 Å². The molecule has 0 aliphatic rings. The molecule has 0 fully saturated rings. The average Bonchev–Trinajstić information content (AvgIpc) is 2.86. The first-order valence-electron chi connectivity index (χ1n) is 11.5. The molecule has 0 bridgehead atoms. The van der Waals surface area contributed by atoms with Crippen molar-refractivity contribution in [3.63, 3.8) is 0 Å². The molecule has 0 saturated heterocycles. The Morgan fingerprint density at radius 3 is 1.76 bits per heavy atom. The largest absolute Gasteiger partial charge is 0.460 e. The molecule has 3 aromatic rings. The Morgan fingerprint density at radius 2 is 1.27 bits per heavy atom. The van der Waals surface area contributed by atoms with E-state index < -0.39 is 12.1 Å². The third-order valence-corrected chi connectivity index (χ3v) is 5.80. The molecular weight excluding hydrogens is 412 g/mol. The summed E-state index contributed by atoms with van der Waals surface area (Å²) >= 11 is 0. The molecule has 3 unspecified atom stereocenters. The van der Waals surface area contributed by atoms with Gasteiger partial charge in [0.25, 0.3) is 0 Å². The van der Waals surface area contributed by atoms with Crippen molar-refractivity contribution in [1.29, 1.82) is 0 Å². The Balaban J connectivity index is 1.54. The van der Waals surface area contributed by atoms with Crippen LogP contribution in [0.25, 0.3) is 0 Å². The summed E-state index contributed by atoms with van der Waals surface area (Å²) in [5.41, 5.74) is 3.33. The SMILES string of the molecule is CC(NCC(O)C(C)N(Cc1ccccc1)Cc1ccccc1)C(=O)OCc1ccccc1. The number of carbonyl (C=O) groups is 1. The van der Waals surface area contributed by atoms with E-state index in [1.165, 1.54) is 11.1 Å². The van der Waals surface area contributed by atoms with Crippen LogP contribution in [0.2, 0.25) is 0 Å². The second-order valence-corrected chi connectivity index (χ2v) is 8.41. The minimum absolute atomic E-state index is 0.120. The molecule has 0 aromatic heterocycles. The van der Waals surface area contributed by atoms with Gasteiger partial charge in [0.2, 0.25) is 0 Å². The van der Waals surface area contributed by atoms with Crippen molar-refractivity contribution in [1.82, 2.24) is 10.2 Å². The van der Waals surface area contributed by atoms with Crippen molar-refractivity contribution < 1.29 is 14.6 Å². The number of esters is 1. The molecule has 0 radical (unpaired) electrons. The van der Waals surface area contributed by atoms with E-state index in [0.717, 1.165) is 18.7 Å². The molecule has 174 valence electrons. The number of nitrogens with one attached hydrogen (secondary N) is 1. The molecule has 0 heterocycles. The van der Waals surface area contributed by atoms with Crippen LogP contribution in [0.4, 0.5) is 0 Å². The smallest absolute Gasteiger partial charge is 0.323 e. The zero-order chi connectivity index (χ0) is 23.5. The van der Waals surface area contributed by atoms with Crippen LogP contribution in [0, 0.1) is 0 Å². The highest BCUT2D eigenvalue weighted by atomic mass is 16.5. The fraction of sp³-hybridized carbons (Fsp3) is 0.321. The van der Waals surface area contributed by atoms with Crippen molar-refractivity contribution in [2.24, 2.45) is 0 Å². The second-order valence-electron chi connectivity index (χ2n) is 8.41. The summed E-state index contributed by atoms with van der Waals surface area (Å²) in [6, 6.07) is 29.5. The highest BCUT2D eigenvalue weighted by Gasteiger charge is 2.24. The van der Waals surface area contributed by atoms with Gasteiger partial charge in [0.1, 0.15) is 12.6 Å². The lowest BCUT2D eigenvalue weighted by atomic mass is 10.1. The first-order chi connectivity index (χ1) is 16.0. The van der Waals surface area contributed by atoms with E-state index in [2.05, 4.69) is 34.5 Å². The highest BCUT2D eigenvalue weighted by Crippen LogP contribution is 2.15. The molecular formula is C28H34N2O3. The van der Waals surface area contributed by atoms with E-state index in [1.807, 2.05) is 73.7 Å². The molecule has 5 nitrogen and oxygen atoms in total. The van der Waals surface area contributed by atoms with E-state index in [-0.39, 0.29) is 18.6 Å². The maximum absolute atomic E-state index is 12.3. The quantitative estimate of drug-likeness (QED) is 0.409. The molecule has 2 N–H and O–H groups in total. The van der Waals surface area contributed by atoms with E-state index in [1.54, 1.807) is 6.92 Å². The van der Waals surface area contributed by atoms with Crippen molar-refractivity contribution in [2.45, 2.75) is 51.7 Å². The van der Waals surface area contributed by atoms with Gasteiger partial charge in [-0.25, -0.2) is 0 Å². The van der Waals surface area contributed by atoms with Gasteiger partial charge in [-0.05, 0) is 30.5 Å². The number of aliphatic hydroxyl groups excluding tert-OH is 1. The average molecular weight is 447 g/mol. The van der Waals surface area contributed by atoms with Crippen LogP contribution < -0.4 is 5.32 Å². The van der Waals surface area contributed by atoms with Crippen LogP contribution in [0.5, 0.6) is 0 Å². The Morgan fingerprint density at radius 1 is 0.818 bits per heavy atom. The molecule has 0 amide bonds. The summed E-state index contributed by atoms with van der Waals surface area (Å²) in [6.45, 7) is 5.77. The Kier molecular flexibility index (Phi) is 9.63. The molecule has 3 atom stereocenters. The number of aliphatic hydroxyl groups is 1. The molecule has 0 saturated carbocycles. The maximum Gasteiger partial charge on any atom is 0.323 e. The third-order valence-electron chi connectivity index (χ3n) is 5.80. The van der Waals surface area contributed by atoms with E-state index >= 15 is 0 Å². The van der Waals surface area contributed by atoms with Gasteiger partial charge in [-0.1, -0.05) is 91.0 Å². The monoisotopic (exact) mass is 446 g/mol. The van der Waals surface area contributed by atoms with Gasteiger partial charge >= 0.3 is 5.97 Å². The fourth-order valence-electron chi connectivity index (χ4n) is 3.63. The first kappa shape index (κ1) is 24.6. The van der Waals surface area contributed by atoms with Crippen molar-refractivity contribution in [2.75, 3.05) is 6.54 Å². The second kappa shape index (κ2) is 12.9. The first-order valence-corrected chi connectivity index (χ1v) is 11.5. The molecule has 33 heavy (non-hydrogen) atoms. The predicted octanol–water partition coefficient (Wildman–Crippen LogP) is 4.16. The maximum atomic E-state index is 12.3. The van der Waals surface area contributed by atoms with Crippen LogP contribution in [-0.2, 0) is 29.2 Å². The highest BCUT2D eigenvalue weighted by molar-refractivity contribution is 5.75. The van der Waals surface area contributed by atoms with Crippen LogP contribution in [0.1, 0.15) is 30.5 Å². The molecule has 3 aromatic carbocycles. The number of ether oxygens (including phenoxy) is 1. The van der Waals surface area contributed by atoms with Gasteiger partial charge < -0.3 is 15.2 Å². The zero-order valence-corrected chi connectivity index (χ0v) is 19.4.